The van der Waals surface area contributed by atoms with Crippen molar-refractivity contribution in [1.82, 2.24) is 0 Å². The lowest BCUT2D eigenvalue weighted by Gasteiger charge is -2.18. The van der Waals surface area contributed by atoms with E-state index in [2.05, 4.69) is 86.6 Å². The molecule has 0 fully saturated rings. The third kappa shape index (κ3) is 2.30. The minimum Gasteiger partial charge on any atom is -0.0617 e. The molecule has 0 aliphatic carbocycles. The molecule has 0 heterocycles. The van der Waals surface area contributed by atoms with Crippen molar-refractivity contribution < 1.29 is 0 Å². The van der Waals surface area contributed by atoms with Gasteiger partial charge in [-0.2, -0.15) is 0 Å². The zero-order chi connectivity index (χ0) is 16.5. The van der Waals surface area contributed by atoms with E-state index >= 15 is 0 Å². The van der Waals surface area contributed by atoms with E-state index in [1.807, 2.05) is 0 Å². The Morgan fingerprint density at radius 2 is 1.04 bits per heavy atom. The van der Waals surface area contributed by atoms with Crippen LogP contribution in [-0.2, 0) is 12.8 Å². The van der Waals surface area contributed by atoms with Gasteiger partial charge in [0.25, 0.3) is 0 Å². The van der Waals surface area contributed by atoms with Gasteiger partial charge in [0.1, 0.15) is 0 Å². The molecule has 4 aromatic carbocycles. The van der Waals surface area contributed by atoms with E-state index in [0.717, 1.165) is 12.8 Å². The summed E-state index contributed by atoms with van der Waals surface area (Å²) >= 11 is 0. The Morgan fingerprint density at radius 3 is 1.54 bits per heavy atom. The molecule has 0 amide bonds. The average molecular weight is 310 g/mol. The first-order chi connectivity index (χ1) is 11.8. The van der Waals surface area contributed by atoms with Crippen molar-refractivity contribution in [3.63, 3.8) is 0 Å². The van der Waals surface area contributed by atoms with Gasteiger partial charge in [0.05, 0.1) is 0 Å². The second-order valence-corrected chi connectivity index (χ2v) is 6.35. The first-order valence-electron chi connectivity index (χ1n) is 8.85. The monoisotopic (exact) mass is 310 g/mol. The fraction of sp³-hybridized carbons (Fsp3) is 0.167. The normalized spacial score (nSPS) is 11.2. The lowest BCUT2D eigenvalue weighted by Crippen LogP contribution is -1.96. The second-order valence-electron chi connectivity index (χ2n) is 6.35. The summed E-state index contributed by atoms with van der Waals surface area (Å²) in [5, 5.41) is 5.34. The van der Waals surface area contributed by atoms with E-state index in [1.165, 1.54) is 43.8 Å². The van der Waals surface area contributed by atoms with Crippen LogP contribution in [0.15, 0.2) is 72.8 Å². The standard InChI is InChI=1S/C24H22/c1-3-17-12-9-13-18(4-2)23(17)24-21-14-7-5-10-19(21)16-20-11-6-8-15-22(20)24/h5-16H,3-4H2,1-2H3. The van der Waals surface area contributed by atoms with E-state index in [0.29, 0.717) is 0 Å². The van der Waals surface area contributed by atoms with Crippen molar-refractivity contribution in [3.05, 3.63) is 83.9 Å². The summed E-state index contributed by atoms with van der Waals surface area (Å²) < 4.78 is 0. The van der Waals surface area contributed by atoms with Crippen molar-refractivity contribution in [2.24, 2.45) is 0 Å². The van der Waals surface area contributed by atoms with E-state index in [1.54, 1.807) is 0 Å². The van der Waals surface area contributed by atoms with Crippen LogP contribution in [0.1, 0.15) is 25.0 Å². The zero-order valence-electron chi connectivity index (χ0n) is 14.3. The highest BCUT2D eigenvalue weighted by Crippen LogP contribution is 2.40. The van der Waals surface area contributed by atoms with E-state index < -0.39 is 0 Å². The maximum atomic E-state index is 2.31. The summed E-state index contributed by atoms with van der Waals surface area (Å²) in [5.41, 5.74) is 5.72. The van der Waals surface area contributed by atoms with Crippen LogP contribution in [0, 0.1) is 0 Å². The van der Waals surface area contributed by atoms with E-state index in [9.17, 15) is 0 Å². The van der Waals surface area contributed by atoms with Gasteiger partial charge < -0.3 is 0 Å². The van der Waals surface area contributed by atoms with Crippen LogP contribution in [0.2, 0.25) is 0 Å². The minimum atomic E-state index is 1.06. The van der Waals surface area contributed by atoms with Crippen LogP contribution in [0.25, 0.3) is 32.7 Å². The van der Waals surface area contributed by atoms with Gasteiger partial charge in [0.15, 0.2) is 0 Å². The zero-order valence-corrected chi connectivity index (χ0v) is 14.3. The molecule has 0 atom stereocenters. The van der Waals surface area contributed by atoms with Crippen molar-refractivity contribution in [2.75, 3.05) is 0 Å². The number of fused-ring (bicyclic) bond motifs is 2. The predicted molar refractivity (Wildman–Crippen MR) is 106 cm³/mol. The fourth-order valence-electron chi connectivity index (χ4n) is 3.85. The summed E-state index contributed by atoms with van der Waals surface area (Å²) in [7, 11) is 0. The first-order valence-corrected chi connectivity index (χ1v) is 8.85. The van der Waals surface area contributed by atoms with Gasteiger partial charge in [-0.05, 0) is 62.7 Å². The highest BCUT2D eigenvalue weighted by atomic mass is 14.2. The molecule has 0 saturated carbocycles. The van der Waals surface area contributed by atoms with Crippen molar-refractivity contribution in [2.45, 2.75) is 26.7 Å². The lowest BCUT2D eigenvalue weighted by atomic mass is 9.86. The molecule has 0 heteroatoms. The lowest BCUT2D eigenvalue weighted by molar-refractivity contribution is 1.09. The van der Waals surface area contributed by atoms with Crippen LogP contribution in [0.4, 0.5) is 0 Å². The third-order valence-corrected chi connectivity index (χ3v) is 5.02. The van der Waals surface area contributed by atoms with Crippen LogP contribution >= 0.6 is 0 Å². The Hall–Kier alpha value is -2.60. The van der Waals surface area contributed by atoms with Crippen LogP contribution < -0.4 is 0 Å². The maximum Gasteiger partial charge on any atom is -0.00213 e. The maximum absolute atomic E-state index is 2.31. The summed E-state index contributed by atoms with van der Waals surface area (Å²) in [4.78, 5) is 0. The molecule has 0 spiro atoms. The highest BCUT2D eigenvalue weighted by molar-refractivity contribution is 6.13. The SMILES string of the molecule is CCc1cccc(CC)c1-c1c2ccccc2cc2ccccc12. The third-order valence-electron chi connectivity index (χ3n) is 5.02. The Morgan fingerprint density at radius 1 is 0.542 bits per heavy atom. The topological polar surface area (TPSA) is 0 Å². The van der Waals surface area contributed by atoms with Gasteiger partial charge >= 0.3 is 0 Å². The molecule has 4 rings (SSSR count). The van der Waals surface area contributed by atoms with Crippen LogP contribution in [0.3, 0.4) is 0 Å². The molecule has 0 aliphatic rings. The Balaban J connectivity index is 2.24. The van der Waals surface area contributed by atoms with E-state index in [-0.39, 0.29) is 0 Å². The predicted octanol–water partition coefficient (Wildman–Crippen LogP) is 6.78. The molecule has 0 aliphatic heterocycles. The Labute approximate surface area is 143 Å². The number of hydrogen-bond donors (Lipinski definition) is 0. The molecule has 24 heavy (non-hydrogen) atoms. The highest BCUT2D eigenvalue weighted by Gasteiger charge is 2.15. The largest absolute Gasteiger partial charge is 0.0617 e. The van der Waals surface area contributed by atoms with Crippen molar-refractivity contribution in [1.29, 1.82) is 0 Å². The molecular weight excluding hydrogens is 288 g/mol. The fourth-order valence-corrected chi connectivity index (χ4v) is 3.85. The molecule has 0 aromatic heterocycles. The number of aryl methyl sites for hydroxylation is 2. The summed E-state index contributed by atoms with van der Waals surface area (Å²) in [6.07, 6.45) is 2.11. The van der Waals surface area contributed by atoms with Gasteiger partial charge in [-0.3, -0.25) is 0 Å². The quantitative estimate of drug-likeness (QED) is 0.366. The number of rotatable bonds is 3. The van der Waals surface area contributed by atoms with Gasteiger partial charge in [0, 0.05) is 0 Å². The average Bonchev–Trinajstić information content (AvgIpc) is 2.65. The second kappa shape index (κ2) is 6.13. The molecule has 4 aromatic rings. The molecule has 0 unspecified atom stereocenters. The molecule has 118 valence electrons. The van der Waals surface area contributed by atoms with E-state index in [4.69, 9.17) is 0 Å². The molecule has 0 saturated heterocycles. The smallest absolute Gasteiger partial charge is 0.00213 e. The van der Waals surface area contributed by atoms with Crippen molar-refractivity contribution >= 4 is 21.5 Å². The molecule has 0 N–H and O–H groups in total. The number of benzene rings is 4. The summed E-state index contributed by atoms with van der Waals surface area (Å²) in [5.74, 6) is 0. The Bertz CT molecular complexity index is 948. The molecule has 0 bridgehead atoms. The van der Waals surface area contributed by atoms with Crippen LogP contribution in [-0.4, -0.2) is 0 Å². The van der Waals surface area contributed by atoms with Gasteiger partial charge in [0.2, 0.25) is 0 Å². The summed E-state index contributed by atoms with van der Waals surface area (Å²) in [6, 6.07) is 26.6. The Kier molecular flexibility index (Phi) is 3.82. The number of hydrogen-bond acceptors (Lipinski definition) is 0. The summed E-state index contributed by atoms with van der Waals surface area (Å²) in [6.45, 7) is 4.51. The van der Waals surface area contributed by atoms with Crippen molar-refractivity contribution in [3.8, 4) is 11.1 Å². The van der Waals surface area contributed by atoms with Crippen LogP contribution in [0.5, 0.6) is 0 Å². The van der Waals surface area contributed by atoms with Gasteiger partial charge in [-0.25, -0.2) is 0 Å². The molecule has 0 radical (unpaired) electrons. The van der Waals surface area contributed by atoms with Gasteiger partial charge in [-0.15, -0.1) is 0 Å². The minimum absolute atomic E-state index is 1.06. The molecular formula is C24H22. The molecule has 0 nitrogen and oxygen atoms in total. The van der Waals surface area contributed by atoms with Gasteiger partial charge in [-0.1, -0.05) is 80.6 Å². The first kappa shape index (κ1) is 15.0.